The summed E-state index contributed by atoms with van der Waals surface area (Å²) in [6.07, 6.45) is 1.46. The molecule has 0 spiro atoms. The Kier molecular flexibility index (Phi) is 3.95. The van der Waals surface area contributed by atoms with E-state index < -0.39 is 0 Å². The van der Waals surface area contributed by atoms with Gasteiger partial charge in [-0.05, 0) is 0 Å². The van der Waals surface area contributed by atoms with Crippen molar-refractivity contribution in [1.29, 1.82) is 0 Å². The second-order valence-corrected chi connectivity index (χ2v) is 4.51. The summed E-state index contributed by atoms with van der Waals surface area (Å²) in [7, 11) is -0.0326. The zero-order chi connectivity index (χ0) is 12.1. The second-order valence-electron chi connectivity index (χ2n) is 3.02. The Labute approximate surface area is 106 Å². The number of hydrogen-bond donors (Lipinski definition) is 0. The van der Waals surface area contributed by atoms with Crippen LogP contribution in [0.5, 0.6) is 11.5 Å². The normalized spacial score (nSPS) is 9.65. The summed E-state index contributed by atoms with van der Waals surface area (Å²) in [6, 6.07) is 0. The van der Waals surface area contributed by atoms with Gasteiger partial charge in [-0.1, -0.05) is 0 Å². The first-order valence-corrected chi connectivity index (χ1v) is 6.52. The van der Waals surface area contributed by atoms with E-state index in [2.05, 4.69) is 0 Å². The number of rotatable bonds is 6. The van der Waals surface area contributed by atoms with Crippen LogP contribution in [0.3, 0.4) is 0 Å². The van der Waals surface area contributed by atoms with E-state index in [0.29, 0.717) is 22.6 Å². The number of hydrogen-bond acceptors (Lipinski definition) is 6. The Bertz CT molecular complexity index is 474. The van der Waals surface area contributed by atoms with E-state index in [0.717, 1.165) is 12.6 Å². The fraction of sp³-hybridized carbons (Fsp3) is 0. The highest BCUT2D eigenvalue weighted by Gasteiger charge is 2.08. The van der Waals surface area contributed by atoms with Crippen LogP contribution < -0.4 is 9.31 Å². The molecule has 0 N–H and O–H groups in total. The third-order valence-electron chi connectivity index (χ3n) is 1.99. The smallest absolute Gasteiger partial charge is 0.527 e. The number of carbonyl (C=O) groups excluding carboxylic acids is 2. The Morgan fingerprint density at radius 3 is 1.76 bits per heavy atom. The molecular formula is C10H7BO4S2. The van der Waals surface area contributed by atoms with Gasteiger partial charge >= 0.3 is 7.69 Å². The van der Waals surface area contributed by atoms with Crippen LogP contribution in [0.2, 0.25) is 0 Å². The van der Waals surface area contributed by atoms with E-state index in [1.807, 2.05) is 0 Å². The van der Waals surface area contributed by atoms with Crippen molar-refractivity contribution in [1.82, 2.24) is 0 Å². The highest BCUT2D eigenvalue weighted by atomic mass is 32.1. The van der Waals surface area contributed by atoms with E-state index in [4.69, 9.17) is 9.31 Å². The minimum absolute atomic E-state index is 0.0326. The Hall–Kier alpha value is -1.60. The quantitative estimate of drug-likeness (QED) is 0.594. The van der Waals surface area contributed by atoms with Crippen molar-refractivity contribution in [3.63, 3.8) is 0 Å². The lowest BCUT2D eigenvalue weighted by molar-refractivity contribution is 0.111. The van der Waals surface area contributed by atoms with Gasteiger partial charge in [-0.3, -0.25) is 9.59 Å². The summed E-state index contributed by atoms with van der Waals surface area (Å²) >= 11 is 2.76. The number of aldehydes is 2. The van der Waals surface area contributed by atoms with Gasteiger partial charge in [0.1, 0.15) is 11.5 Å². The van der Waals surface area contributed by atoms with Gasteiger partial charge in [0.15, 0.2) is 12.6 Å². The third-order valence-corrected chi connectivity index (χ3v) is 3.47. The topological polar surface area (TPSA) is 52.6 Å². The second kappa shape index (κ2) is 5.65. The van der Waals surface area contributed by atoms with Crippen LogP contribution in [0.1, 0.15) is 20.7 Å². The molecule has 4 nitrogen and oxygen atoms in total. The van der Waals surface area contributed by atoms with E-state index in [9.17, 15) is 9.59 Å². The average Bonchev–Trinajstić information content (AvgIpc) is 2.97. The van der Waals surface area contributed by atoms with Gasteiger partial charge in [0.05, 0.1) is 11.1 Å². The van der Waals surface area contributed by atoms with Crippen LogP contribution in [-0.4, -0.2) is 20.3 Å². The van der Waals surface area contributed by atoms with Crippen LogP contribution >= 0.6 is 22.7 Å². The SMILES string of the molecule is O=Cc1cscc1OBOc1cscc1C=O. The molecule has 2 rings (SSSR count). The Balaban J connectivity index is 1.92. The van der Waals surface area contributed by atoms with Crippen molar-refractivity contribution in [2.45, 2.75) is 0 Å². The Morgan fingerprint density at radius 1 is 0.882 bits per heavy atom. The molecule has 0 atom stereocenters. The maximum Gasteiger partial charge on any atom is 0.576 e. The number of carbonyl (C=O) groups is 2. The molecule has 0 aromatic carbocycles. The predicted octanol–water partition coefficient (Wildman–Crippen LogP) is 2.16. The summed E-state index contributed by atoms with van der Waals surface area (Å²) in [6.45, 7) is 0. The van der Waals surface area contributed by atoms with E-state index in [1.165, 1.54) is 22.7 Å². The molecule has 86 valence electrons. The lowest BCUT2D eigenvalue weighted by Gasteiger charge is -2.05. The molecule has 0 saturated carbocycles. The first-order valence-electron chi connectivity index (χ1n) is 4.63. The monoisotopic (exact) mass is 266 g/mol. The third kappa shape index (κ3) is 2.75. The molecule has 0 aliphatic rings. The molecule has 2 heterocycles. The van der Waals surface area contributed by atoms with Crippen molar-refractivity contribution < 1.29 is 18.9 Å². The molecule has 0 aliphatic carbocycles. The molecule has 0 saturated heterocycles. The fourth-order valence-electron chi connectivity index (χ4n) is 1.15. The van der Waals surface area contributed by atoms with Crippen LogP contribution in [0.4, 0.5) is 0 Å². The van der Waals surface area contributed by atoms with Crippen LogP contribution in [0, 0.1) is 0 Å². The predicted molar refractivity (Wildman–Crippen MR) is 67.8 cm³/mol. The molecule has 2 aromatic rings. The van der Waals surface area contributed by atoms with Crippen LogP contribution in [0.15, 0.2) is 21.5 Å². The lowest BCUT2D eigenvalue weighted by Crippen LogP contribution is -2.11. The minimum atomic E-state index is -0.0326. The van der Waals surface area contributed by atoms with E-state index >= 15 is 0 Å². The zero-order valence-electron chi connectivity index (χ0n) is 8.62. The number of thiophene rings is 2. The molecule has 0 amide bonds. The lowest BCUT2D eigenvalue weighted by atomic mass is 10.3. The molecule has 0 unspecified atom stereocenters. The largest absolute Gasteiger partial charge is 0.576 e. The summed E-state index contributed by atoms with van der Waals surface area (Å²) < 4.78 is 10.6. The average molecular weight is 266 g/mol. The van der Waals surface area contributed by atoms with Gasteiger partial charge in [0.2, 0.25) is 0 Å². The summed E-state index contributed by atoms with van der Waals surface area (Å²) in [5.74, 6) is 0.987. The van der Waals surface area contributed by atoms with Crippen molar-refractivity contribution in [3.8, 4) is 11.5 Å². The minimum Gasteiger partial charge on any atom is -0.527 e. The van der Waals surface area contributed by atoms with E-state index in [1.54, 1.807) is 21.5 Å². The van der Waals surface area contributed by atoms with Crippen molar-refractivity contribution in [2.75, 3.05) is 0 Å². The molecular weight excluding hydrogens is 259 g/mol. The summed E-state index contributed by atoms with van der Waals surface area (Å²) in [5, 5.41) is 6.84. The maximum absolute atomic E-state index is 10.6. The maximum atomic E-state index is 10.6. The van der Waals surface area contributed by atoms with Gasteiger partial charge < -0.3 is 9.31 Å². The standard InChI is InChI=1S/C10H7BO4S2/c12-1-7-3-16-5-9(7)14-11-15-10-6-17-4-8(10)2-13/h1-6,11H. The highest BCUT2D eigenvalue weighted by Crippen LogP contribution is 2.23. The van der Waals surface area contributed by atoms with Crippen molar-refractivity contribution in [3.05, 3.63) is 32.6 Å². The van der Waals surface area contributed by atoms with Gasteiger partial charge in [-0.25, -0.2) is 0 Å². The Morgan fingerprint density at radius 2 is 1.35 bits per heavy atom. The molecule has 17 heavy (non-hydrogen) atoms. The molecule has 0 fully saturated rings. The van der Waals surface area contributed by atoms with E-state index in [-0.39, 0.29) is 7.69 Å². The molecule has 2 aromatic heterocycles. The molecule has 0 bridgehead atoms. The van der Waals surface area contributed by atoms with Gasteiger partial charge in [0.25, 0.3) is 0 Å². The first kappa shape index (κ1) is 11.9. The van der Waals surface area contributed by atoms with Crippen LogP contribution in [-0.2, 0) is 0 Å². The van der Waals surface area contributed by atoms with Gasteiger partial charge in [-0.2, -0.15) is 0 Å². The molecule has 0 aliphatic heterocycles. The molecule has 0 radical (unpaired) electrons. The summed E-state index contributed by atoms with van der Waals surface area (Å²) in [5.41, 5.74) is 0.999. The van der Waals surface area contributed by atoms with Gasteiger partial charge in [-0.15, -0.1) is 22.7 Å². The van der Waals surface area contributed by atoms with Crippen molar-refractivity contribution in [2.24, 2.45) is 0 Å². The summed E-state index contributed by atoms with van der Waals surface area (Å²) in [4.78, 5) is 21.2. The fourth-order valence-corrected chi connectivity index (χ4v) is 2.58. The van der Waals surface area contributed by atoms with Crippen LogP contribution in [0.25, 0.3) is 0 Å². The first-order chi connectivity index (χ1) is 8.35. The zero-order valence-corrected chi connectivity index (χ0v) is 10.3. The van der Waals surface area contributed by atoms with Gasteiger partial charge in [0, 0.05) is 21.5 Å². The molecule has 7 heteroatoms. The highest BCUT2D eigenvalue weighted by molar-refractivity contribution is 7.08. The van der Waals surface area contributed by atoms with Crippen molar-refractivity contribution >= 4 is 42.9 Å².